The number of rotatable bonds is 1. The van der Waals surface area contributed by atoms with Crippen molar-refractivity contribution >= 4 is 23.2 Å². The van der Waals surface area contributed by atoms with Crippen LogP contribution in [0.25, 0.3) is 5.76 Å². The smallest absolute Gasteiger partial charge is 0.409 e. The number of aryl methyl sites for hydroxylation is 1. The Balaban J connectivity index is 2.46. The number of ether oxygens (including phenoxy) is 1. The molecule has 1 amide bonds. The summed E-state index contributed by atoms with van der Waals surface area (Å²) in [6.07, 6.45) is 1.40. The summed E-state index contributed by atoms with van der Waals surface area (Å²) in [5.41, 5.74) is 0.511. The Morgan fingerprint density at radius 2 is 2.24 bits per heavy atom. The molecule has 0 saturated carbocycles. The van der Waals surface area contributed by atoms with Crippen molar-refractivity contribution in [1.29, 1.82) is 5.26 Å². The topological polar surface area (TPSA) is 62.1 Å². The Labute approximate surface area is 104 Å². The van der Waals surface area contributed by atoms with Gasteiger partial charge < -0.3 is 10.1 Å². The summed E-state index contributed by atoms with van der Waals surface area (Å²) in [6.45, 7) is 5.68. The fraction of sp³-hybridized carbons (Fsp3) is 0.333. The first-order chi connectivity index (χ1) is 7.91. The number of carbonyl (C=O) groups is 1. The first-order valence-corrected chi connectivity index (χ1v) is 5.97. The third kappa shape index (κ3) is 2.32. The normalized spacial score (nSPS) is 17.8. The molecule has 0 spiro atoms. The minimum atomic E-state index is -0.459. The highest BCUT2D eigenvalue weighted by Crippen LogP contribution is 2.32. The van der Waals surface area contributed by atoms with Gasteiger partial charge in [-0.3, -0.25) is 0 Å². The zero-order valence-electron chi connectivity index (χ0n) is 9.83. The molecule has 0 bridgehead atoms. The van der Waals surface area contributed by atoms with Crippen LogP contribution in [-0.2, 0) is 4.74 Å². The summed E-state index contributed by atoms with van der Waals surface area (Å²) in [4.78, 5) is 12.9. The molecule has 17 heavy (non-hydrogen) atoms. The Bertz CT molecular complexity index is 549. The third-order valence-electron chi connectivity index (χ3n) is 2.37. The summed E-state index contributed by atoms with van der Waals surface area (Å²) in [7, 11) is 0. The van der Waals surface area contributed by atoms with Crippen LogP contribution in [0.1, 0.15) is 29.2 Å². The second-order valence-corrected chi connectivity index (χ2v) is 5.53. The predicted molar refractivity (Wildman–Crippen MR) is 65.4 cm³/mol. The molecule has 1 aliphatic heterocycles. The van der Waals surface area contributed by atoms with Gasteiger partial charge in [-0.25, -0.2) is 4.79 Å². The van der Waals surface area contributed by atoms with Gasteiger partial charge in [0.15, 0.2) is 0 Å². The van der Waals surface area contributed by atoms with Crippen molar-refractivity contribution in [3.63, 3.8) is 0 Å². The van der Waals surface area contributed by atoms with Gasteiger partial charge in [0.25, 0.3) is 0 Å². The molecule has 0 saturated heterocycles. The number of hydrogen-bond donors (Lipinski definition) is 1. The fourth-order valence-corrected chi connectivity index (χ4v) is 2.60. The summed E-state index contributed by atoms with van der Waals surface area (Å²) in [5, 5.41) is 11.5. The van der Waals surface area contributed by atoms with Gasteiger partial charge >= 0.3 is 6.09 Å². The van der Waals surface area contributed by atoms with E-state index in [1.54, 1.807) is 6.07 Å². The van der Waals surface area contributed by atoms with Gasteiger partial charge in [0.1, 0.15) is 16.7 Å². The fourth-order valence-electron chi connectivity index (χ4n) is 1.68. The Kier molecular flexibility index (Phi) is 2.68. The number of nitriles is 1. The maximum atomic E-state index is 11.4. The van der Waals surface area contributed by atoms with Gasteiger partial charge in [-0.1, -0.05) is 0 Å². The minimum absolute atomic E-state index is 0.437. The van der Waals surface area contributed by atoms with Crippen molar-refractivity contribution in [2.45, 2.75) is 26.3 Å². The monoisotopic (exact) mass is 248 g/mol. The lowest BCUT2D eigenvalue weighted by Gasteiger charge is -2.28. The van der Waals surface area contributed by atoms with E-state index >= 15 is 0 Å². The molecule has 1 aliphatic rings. The minimum Gasteiger partial charge on any atom is -0.409 e. The van der Waals surface area contributed by atoms with Crippen LogP contribution in [0.2, 0.25) is 0 Å². The second kappa shape index (κ2) is 3.90. The van der Waals surface area contributed by atoms with Gasteiger partial charge in [0.2, 0.25) is 0 Å². The number of amides is 1. The van der Waals surface area contributed by atoms with E-state index in [1.165, 1.54) is 11.3 Å². The van der Waals surface area contributed by atoms with Crippen molar-refractivity contribution in [3.8, 4) is 6.07 Å². The molecule has 0 atom stereocenters. The first-order valence-electron chi connectivity index (χ1n) is 5.15. The highest BCUT2D eigenvalue weighted by atomic mass is 32.1. The van der Waals surface area contributed by atoms with E-state index in [-0.39, 0.29) is 0 Å². The van der Waals surface area contributed by atoms with Crippen LogP contribution in [0.15, 0.2) is 12.1 Å². The van der Waals surface area contributed by atoms with Crippen LogP contribution in [0.3, 0.4) is 0 Å². The highest BCUT2D eigenvalue weighted by molar-refractivity contribution is 7.13. The largest absolute Gasteiger partial charge is 0.413 e. The van der Waals surface area contributed by atoms with Crippen LogP contribution in [0.5, 0.6) is 0 Å². The molecule has 0 radical (unpaired) electrons. The number of nitrogens with one attached hydrogen (secondary N) is 1. The van der Waals surface area contributed by atoms with Gasteiger partial charge in [0, 0.05) is 0 Å². The maximum Gasteiger partial charge on any atom is 0.413 e. The summed E-state index contributed by atoms with van der Waals surface area (Å²) in [6, 6.07) is 3.89. The molecule has 2 rings (SSSR count). The van der Waals surface area contributed by atoms with Crippen molar-refractivity contribution < 1.29 is 9.53 Å². The molecule has 0 aliphatic carbocycles. The van der Waals surface area contributed by atoms with Crippen molar-refractivity contribution in [2.75, 3.05) is 0 Å². The molecule has 5 heteroatoms. The standard InChI is InChI=1S/C12H12N2O2S/c1-7-4-8(6-13)17-10(7)9-5-12(2,3)14-11(15)16-9/h4-5H,1-3H3,(H,14,15). The molecule has 0 fully saturated rings. The van der Waals surface area contributed by atoms with E-state index in [0.29, 0.717) is 10.6 Å². The SMILES string of the molecule is Cc1cc(C#N)sc1C1=CC(C)(C)NC(=O)O1. The van der Waals surface area contributed by atoms with Crippen LogP contribution >= 0.6 is 11.3 Å². The average molecular weight is 248 g/mol. The van der Waals surface area contributed by atoms with Gasteiger partial charge in [0.05, 0.1) is 10.4 Å². The zero-order chi connectivity index (χ0) is 12.6. The van der Waals surface area contributed by atoms with E-state index in [4.69, 9.17) is 10.00 Å². The molecule has 2 heterocycles. The molecule has 4 nitrogen and oxygen atoms in total. The predicted octanol–water partition coefficient (Wildman–Crippen LogP) is 2.79. The van der Waals surface area contributed by atoms with E-state index < -0.39 is 11.6 Å². The number of cyclic esters (lactones) is 1. The van der Waals surface area contributed by atoms with Gasteiger partial charge in [-0.2, -0.15) is 5.26 Å². The summed E-state index contributed by atoms with van der Waals surface area (Å²) >= 11 is 1.33. The maximum absolute atomic E-state index is 11.4. The molecular weight excluding hydrogens is 236 g/mol. The molecule has 1 aromatic heterocycles. The Morgan fingerprint density at radius 1 is 1.53 bits per heavy atom. The van der Waals surface area contributed by atoms with Gasteiger partial charge in [-0.15, -0.1) is 11.3 Å². The van der Waals surface area contributed by atoms with Crippen molar-refractivity contribution in [1.82, 2.24) is 5.32 Å². The quantitative estimate of drug-likeness (QED) is 0.831. The first kappa shape index (κ1) is 11.7. The van der Waals surface area contributed by atoms with Gasteiger partial charge in [-0.05, 0) is 38.5 Å². The van der Waals surface area contributed by atoms with Crippen LogP contribution in [-0.4, -0.2) is 11.6 Å². The number of hydrogen-bond acceptors (Lipinski definition) is 4. The van der Waals surface area contributed by atoms with E-state index in [2.05, 4.69) is 11.4 Å². The lowest BCUT2D eigenvalue weighted by molar-refractivity contribution is 0.178. The second-order valence-electron chi connectivity index (χ2n) is 4.48. The summed E-state index contributed by atoms with van der Waals surface area (Å²) in [5.74, 6) is 0.530. The number of thiophene rings is 1. The molecular formula is C12H12N2O2S. The molecule has 1 aromatic rings. The summed E-state index contributed by atoms with van der Waals surface area (Å²) < 4.78 is 5.16. The van der Waals surface area contributed by atoms with Crippen LogP contribution < -0.4 is 5.32 Å². The number of alkyl carbamates (subject to hydrolysis) is 1. The van der Waals surface area contributed by atoms with Crippen LogP contribution in [0.4, 0.5) is 4.79 Å². The van der Waals surface area contributed by atoms with E-state index in [0.717, 1.165) is 10.4 Å². The Hall–Kier alpha value is -1.80. The van der Waals surface area contributed by atoms with Crippen molar-refractivity contribution in [3.05, 3.63) is 27.5 Å². The highest BCUT2D eigenvalue weighted by Gasteiger charge is 2.28. The van der Waals surface area contributed by atoms with E-state index in [9.17, 15) is 4.79 Å². The third-order valence-corrected chi connectivity index (χ3v) is 3.53. The average Bonchev–Trinajstić information content (AvgIpc) is 2.56. The molecule has 1 N–H and O–H groups in total. The number of nitrogens with zero attached hydrogens (tertiary/aromatic N) is 1. The lowest BCUT2D eigenvalue weighted by Crippen LogP contribution is -2.45. The Morgan fingerprint density at radius 3 is 2.76 bits per heavy atom. The molecule has 0 unspecified atom stereocenters. The number of carbonyl (C=O) groups excluding carboxylic acids is 1. The molecule has 0 aromatic carbocycles. The van der Waals surface area contributed by atoms with E-state index in [1.807, 2.05) is 26.8 Å². The zero-order valence-corrected chi connectivity index (χ0v) is 10.6. The van der Waals surface area contributed by atoms with Crippen LogP contribution in [0, 0.1) is 18.3 Å². The molecule has 88 valence electrons. The van der Waals surface area contributed by atoms with Crippen molar-refractivity contribution in [2.24, 2.45) is 0 Å². The lowest BCUT2D eigenvalue weighted by atomic mass is 10.0.